The van der Waals surface area contributed by atoms with Gasteiger partial charge in [0.05, 0.1) is 18.9 Å². The smallest absolute Gasteiger partial charge is 0.137 e. The quantitative estimate of drug-likeness (QED) is 0.911. The van der Waals surface area contributed by atoms with Crippen LogP contribution in [0.4, 0.5) is 0 Å². The van der Waals surface area contributed by atoms with Gasteiger partial charge in [-0.3, -0.25) is 4.98 Å². The molecule has 19 heavy (non-hydrogen) atoms. The van der Waals surface area contributed by atoms with Crippen molar-refractivity contribution in [1.29, 1.82) is 0 Å². The molecule has 0 bridgehead atoms. The Labute approximate surface area is 117 Å². The molecule has 3 nitrogen and oxygen atoms in total. The average molecular weight is 278 g/mol. The van der Waals surface area contributed by atoms with Gasteiger partial charge in [0.25, 0.3) is 0 Å². The van der Waals surface area contributed by atoms with Gasteiger partial charge in [0.2, 0.25) is 0 Å². The molecule has 100 valence electrons. The maximum Gasteiger partial charge on any atom is 0.137 e. The Morgan fingerprint density at radius 3 is 2.89 bits per heavy atom. The first-order valence-corrected chi connectivity index (χ1v) is 6.57. The van der Waals surface area contributed by atoms with Crippen molar-refractivity contribution in [3.63, 3.8) is 0 Å². The Hall–Kier alpha value is -1.58. The van der Waals surface area contributed by atoms with Crippen LogP contribution in [-0.2, 0) is 6.42 Å². The molecule has 0 fully saturated rings. The summed E-state index contributed by atoms with van der Waals surface area (Å²) in [5.74, 6) is 0.671. The fraction of sp³-hybridized carbons (Fsp3) is 0.267. The van der Waals surface area contributed by atoms with Crippen molar-refractivity contribution in [3.8, 4) is 5.75 Å². The Balaban J connectivity index is 2.11. The van der Waals surface area contributed by atoms with Gasteiger partial charge < -0.3 is 9.84 Å². The lowest BCUT2D eigenvalue weighted by atomic mass is 10.0. The van der Waals surface area contributed by atoms with Crippen molar-refractivity contribution in [1.82, 2.24) is 4.98 Å². The summed E-state index contributed by atoms with van der Waals surface area (Å²) < 4.78 is 5.37. The van der Waals surface area contributed by atoms with Crippen molar-refractivity contribution in [3.05, 3.63) is 58.9 Å². The molecule has 2 aromatic rings. The second-order valence-electron chi connectivity index (χ2n) is 4.24. The Morgan fingerprint density at radius 1 is 1.32 bits per heavy atom. The van der Waals surface area contributed by atoms with Crippen LogP contribution in [0.2, 0.25) is 5.02 Å². The third kappa shape index (κ3) is 3.94. The van der Waals surface area contributed by atoms with Crippen LogP contribution in [0.3, 0.4) is 0 Å². The molecule has 1 aromatic heterocycles. The second kappa shape index (κ2) is 6.55. The number of aliphatic hydroxyl groups excluding tert-OH is 1. The summed E-state index contributed by atoms with van der Waals surface area (Å²) in [7, 11) is 0. The third-order valence-corrected chi connectivity index (χ3v) is 2.98. The average Bonchev–Trinajstić information content (AvgIpc) is 2.39. The molecule has 0 radical (unpaired) electrons. The molecule has 0 aliphatic carbocycles. The van der Waals surface area contributed by atoms with Crippen LogP contribution in [0.5, 0.6) is 5.75 Å². The summed E-state index contributed by atoms with van der Waals surface area (Å²) in [6, 6.07) is 9.29. The van der Waals surface area contributed by atoms with Crippen LogP contribution in [0, 0.1) is 0 Å². The van der Waals surface area contributed by atoms with Gasteiger partial charge in [0.1, 0.15) is 5.75 Å². The summed E-state index contributed by atoms with van der Waals surface area (Å²) in [5, 5.41) is 10.9. The number of halogens is 1. The molecular weight excluding hydrogens is 262 g/mol. The van der Waals surface area contributed by atoms with E-state index in [9.17, 15) is 5.11 Å². The number of ether oxygens (including phenoxy) is 1. The SMILES string of the molecule is CCOc1cncc(C(O)Cc2cccc(Cl)c2)c1. The minimum Gasteiger partial charge on any atom is -0.492 e. The summed E-state index contributed by atoms with van der Waals surface area (Å²) in [4.78, 5) is 4.07. The normalized spacial score (nSPS) is 12.2. The van der Waals surface area contributed by atoms with Gasteiger partial charge in [-0.15, -0.1) is 0 Å². The van der Waals surface area contributed by atoms with Crippen LogP contribution in [0.25, 0.3) is 0 Å². The highest BCUT2D eigenvalue weighted by Crippen LogP contribution is 2.22. The maximum absolute atomic E-state index is 10.2. The molecule has 0 spiro atoms. The molecular formula is C15H16ClNO2. The number of rotatable bonds is 5. The van der Waals surface area contributed by atoms with Crippen LogP contribution in [-0.4, -0.2) is 16.7 Å². The lowest BCUT2D eigenvalue weighted by molar-refractivity contribution is 0.177. The minimum atomic E-state index is -0.619. The lowest BCUT2D eigenvalue weighted by Gasteiger charge is -2.12. The van der Waals surface area contributed by atoms with Crippen LogP contribution in [0.1, 0.15) is 24.2 Å². The van der Waals surface area contributed by atoms with Crippen LogP contribution >= 0.6 is 11.6 Å². The minimum absolute atomic E-state index is 0.498. The van der Waals surface area contributed by atoms with Gasteiger partial charge in [-0.25, -0.2) is 0 Å². The summed E-state index contributed by atoms with van der Waals surface area (Å²) >= 11 is 5.93. The first kappa shape index (κ1) is 13.8. The highest BCUT2D eigenvalue weighted by Gasteiger charge is 2.10. The zero-order chi connectivity index (χ0) is 13.7. The van der Waals surface area contributed by atoms with Crippen LogP contribution in [0.15, 0.2) is 42.7 Å². The second-order valence-corrected chi connectivity index (χ2v) is 4.67. The zero-order valence-corrected chi connectivity index (χ0v) is 11.5. The van der Waals surface area contributed by atoms with Gasteiger partial charge >= 0.3 is 0 Å². The van der Waals surface area contributed by atoms with Gasteiger partial charge in [-0.2, -0.15) is 0 Å². The van der Waals surface area contributed by atoms with E-state index in [-0.39, 0.29) is 0 Å². The topological polar surface area (TPSA) is 42.4 Å². The predicted molar refractivity (Wildman–Crippen MR) is 75.5 cm³/mol. The summed E-state index contributed by atoms with van der Waals surface area (Å²) in [6.45, 7) is 2.49. The van der Waals surface area contributed by atoms with Gasteiger partial charge in [-0.05, 0) is 30.7 Å². The third-order valence-electron chi connectivity index (χ3n) is 2.75. The van der Waals surface area contributed by atoms with E-state index in [1.54, 1.807) is 12.4 Å². The van der Waals surface area contributed by atoms with E-state index in [4.69, 9.17) is 16.3 Å². The number of hydrogen-bond acceptors (Lipinski definition) is 3. The number of aliphatic hydroxyl groups is 1. The van der Waals surface area contributed by atoms with Crippen molar-refractivity contribution in [2.45, 2.75) is 19.4 Å². The summed E-state index contributed by atoms with van der Waals surface area (Å²) in [5.41, 5.74) is 1.73. The largest absolute Gasteiger partial charge is 0.492 e. The molecule has 0 amide bonds. The highest BCUT2D eigenvalue weighted by atomic mass is 35.5. The van der Waals surface area contributed by atoms with Crippen molar-refractivity contribution in [2.24, 2.45) is 0 Å². The van der Waals surface area contributed by atoms with Gasteiger partial charge in [-0.1, -0.05) is 23.7 Å². The first-order valence-electron chi connectivity index (χ1n) is 6.19. The van der Waals surface area contributed by atoms with E-state index in [0.29, 0.717) is 23.8 Å². The van der Waals surface area contributed by atoms with Crippen molar-refractivity contribution >= 4 is 11.6 Å². The van der Waals surface area contributed by atoms with Crippen LogP contribution < -0.4 is 4.74 Å². The molecule has 0 aliphatic rings. The number of aromatic nitrogens is 1. The fourth-order valence-corrected chi connectivity index (χ4v) is 2.08. The predicted octanol–water partition coefficient (Wildman–Crippen LogP) is 3.41. The molecule has 1 atom stereocenters. The lowest BCUT2D eigenvalue weighted by Crippen LogP contribution is -2.03. The maximum atomic E-state index is 10.2. The highest BCUT2D eigenvalue weighted by molar-refractivity contribution is 6.30. The van der Waals surface area contributed by atoms with E-state index in [2.05, 4.69) is 4.98 Å². The van der Waals surface area contributed by atoms with E-state index >= 15 is 0 Å². The molecule has 1 N–H and O–H groups in total. The number of benzene rings is 1. The van der Waals surface area contributed by atoms with Gasteiger partial charge in [0, 0.05) is 23.2 Å². The standard InChI is InChI=1S/C15H16ClNO2/c1-2-19-14-8-12(9-17-10-14)15(18)7-11-4-3-5-13(16)6-11/h3-6,8-10,15,18H,2,7H2,1H3. The zero-order valence-electron chi connectivity index (χ0n) is 10.7. The Morgan fingerprint density at radius 2 is 2.16 bits per heavy atom. The molecule has 2 rings (SSSR count). The Bertz CT molecular complexity index is 545. The molecule has 1 unspecified atom stereocenters. The fourth-order valence-electron chi connectivity index (χ4n) is 1.87. The molecule has 0 saturated carbocycles. The molecule has 4 heteroatoms. The number of hydrogen-bond donors (Lipinski definition) is 1. The molecule has 0 saturated heterocycles. The van der Waals surface area contributed by atoms with E-state index in [0.717, 1.165) is 11.1 Å². The number of nitrogens with zero attached hydrogens (tertiary/aromatic N) is 1. The summed E-state index contributed by atoms with van der Waals surface area (Å²) in [6.07, 6.45) is 3.17. The van der Waals surface area contributed by atoms with Crippen molar-refractivity contribution < 1.29 is 9.84 Å². The van der Waals surface area contributed by atoms with Crippen molar-refractivity contribution in [2.75, 3.05) is 6.61 Å². The monoisotopic (exact) mass is 277 g/mol. The molecule has 1 heterocycles. The van der Waals surface area contributed by atoms with E-state index in [1.165, 1.54) is 0 Å². The number of pyridine rings is 1. The molecule has 0 aliphatic heterocycles. The van der Waals surface area contributed by atoms with Gasteiger partial charge in [0.15, 0.2) is 0 Å². The van der Waals surface area contributed by atoms with E-state index < -0.39 is 6.10 Å². The molecule has 1 aromatic carbocycles. The Kier molecular flexibility index (Phi) is 4.77. The first-order chi connectivity index (χ1) is 9.19. The van der Waals surface area contributed by atoms with E-state index in [1.807, 2.05) is 37.3 Å².